The second kappa shape index (κ2) is 6.78. The lowest BCUT2D eigenvalue weighted by Gasteiger charge is -2.24. The van der Waals surface area contributed by atoms with Gasteiger partial charge in [0.05, 0.1) is 11.2 Å². The van der Waals surface area contributed by atoms with Gasteiger partial charge >= 0.3 is 0 Å². The van der Waals surface area contributed by atoms with Crippen LogP contribution in [0.2, 0.25) is 0 Å². The largest absolute Gasteiger partial charge is 0.294 e. The molecule has 0 heterocycles. The summed E-state index contributed by atoms with van der Waals surface area (Å²) in [5, 5.41) is -0.841. The number of hydrogen-bond donors (Lipinski definition) is 0. The quantitative estimate of drug-likeness (QED) is 0.634. The lowest BCUT2D eigenvalue weighted by molar-refractivity contribution is 0.0911. The maximum atomic E-state index is 13.5. The Morgan fingerprint density at radius 1 is 0.741 bits per heavy atom. The van der Waals surface area contributed by atoms with Crippen LogP contribution in [0.4, 0.5) is 0 Å². The number of ketones is 1. The molecule has 4 heteroatoms. The monoisotopic (exact) mass is 376 g/mol. The molecule has 0 spiro atoms. The van der Waals surface area contributed by atoms with Gasteiger partial charge in [0.15, 0.2) is 15.6 Å². The van der Waals surface area contributed by atoms with Crippen LogP contribution in [0.25, 0.3) is 0 Å². The third kappa shape index (κ3) is 3.10. The highest BCUT2D eigenvalue weighted by atomic mass is 32.2. The van der Waals surface area contributed by atoms with Crippen molar-refractivity contribution in [3.05, 3.63) is 107 Å². The molecule has 3 aromatic rings. The average Bonchev–Trinajstić information content (AvgIpc) is 3.04. The van der Waals surface area contributed by atoms with Gasteiger partial charge in [0.1, 0.15) is 0 Å². The normalized spacial score (nSPS) is 21.6. The van der Waals surface area contributed by atoms with Crippen molar-refractivity contribution in [3.8, 4) is 0 Å². The van der Waals surface area contributed by atoms with Crippen molar-refractivity contribution in [3.63, 3.8) is 0 Å². The van der Waals surface area contributed by atoms with Gasteiger partial charge in [-0.05, 0) is 16.7 Å². The fourth-order valence-electron chi connectivity index (χ4n) is 4.24. The minimum atomic E-state index is -3.48. The Balaban J connectivity index is 1.95. The van der Waals surface area contributed by atoms with E-state index in [1.165, 1.54) is 6.26 Å². The Hall–Kier alpha value is -2.72. The molecule has 3 nitrogen and oxygen atoms in total. The van der Waals surface area contributed by atoms with Gasteiger partial charge in [-0.15, -0.1) is 0 Å². The first-order valence-corrected chi connectivity index (χ1v) is 10.9. The lowest BCUT2D eigenvalue weighted by atomic mass is 9.81. The average molecular weight is 376 g/mol. The van der Waals surface area contributed by atoms with E-state index in [9.17, 15) is 13.2 Å². The second-order valence-electron chi connectivity index (χ2n) is 7.02. The Kier molecular flexibility index (Phi) is 4.44. The maximum Gasteiger partial charge on any atom is 0.168 e. The molecule has 0 saturated heterocycles. The Labute approximate surface area is 159 Å². The molecule has 3 atom stereocenters. The number of fused-ring (bicyclic) bond motifs is 1. The van der Waals surface area contributed by atoms with Gasteiger partial charge in [-0.25, -0.2) is 8.42 Å². The molecule has 136 valence electrons. The summed E-state index contributed by atoms with van der Waals surface area (Å²) in [6, 6.07) is 26.2. The van der Waals surface area contributed by atoms with Gasteiger partial charge in [0, 0.05) is 17.7 Å². The van der Waals surface area contributed by atoms with E-state index in [-0.39, 0.29) is 11.7 Å². The van der Waals surface area contributed by atoms with Crippen molar-refractivity contribution < 1.29 is 13.2 Å². The van der Waals surface area contributed by atoms with Gasteiger partial charge in [0.2, 0.25) is 0 Å². The summed E-state index contributed by atoms with van der Waals surface area (Å²) in [7, 11) is -3.48. The van der Waals surface area contributed by atoms with E-state index < -0.39 is 21.0 Å². The topological polar surface area (TPSA) is 51.2 Å². The van der Waals surface area contributed by atoms with Crippen LogP contribution in [0.5, 0.6) is 0 Å². The molecule has 0 saturated carbocycles. The van der Waals surface area contributed by atoms with Gasteiger partial charge in [-0.3, -0.25) is 4.79 Å². The molecule has 0 bridgehead atoms. The van der Waals surface area contributed by atoms with Crippen LogP contribution in [0.1, 0.15) is 38.2 Å². The van der Waals surface area contributed by atoms with E-state index in [0.29, 0.717) is 5.56 Å². The summed E-state index contributed by atoms with van der Waals surface area (Å²) in [4.78, 5) is 13.5. The lowest BCUT2D eigenvalue weighted by Crippen LogP contribution is -2.28. The summed E-state index contributed by atoms with van der Waals surface area (Å²) < 4.78 is 25.5. The summed E-state index contributed by atoms with van der Waals surface area (Å²) in [5.74, 6) is -1.09. The van der Waals surface area contributed by atoms with E-state index in [1.54, 1.807) is 12.1 Å². The van der Waals surface area contributed by atoms with Crippen LogP contribution in [-0.2, 0) is 9.84 Å². The summed E-state index contributed by atoms with van der Waals surface area (Å²) >= 11 is 0. The third-order valence-corrected chi connectivity index (χ3v) is 6.77. The highest BCUT2D eigenvalue weighted by molar-refractivity contribution is 7.91. The number of rotatable bonds is 4. The molecule has 3 aromatic carbocycles. The molecule has 1 aliphatic rings. The Morgan fingerprint density at radius 3 is 1.85 bits per heavy atom. The molecule has 0 aromatic heterocycles. The van der Waals surface area contributed by atoms with Crippen molar-refractivity contribution in [2.45, 2.75) is 11.2 Å². The molecule has 0 unspecified atom stereocenters. The van der Waals surface area contributed by atoms with Gasteiger partial charge in [-0.1, -0.05) is 84.9 Å². The minimum absolute atomic E-state index is 0.129. The number of sulfone groups is 1. The summed E-state index contributed by atoms with van der Waals surface area (Å²) in [6.45, 7) is 0. The van der Waals surface area contributed by atoms with E-state index in [4.69, 9.17) is 0 Å². The highest BCUT2D eigenvalue weighted by Gasteiger charge is 2.49. The van der Waals surface area contributed by atoms with Crippen LogP contribution in [0.3, 0.4) is 0 Å². The fraction of sp³-hybridized carbons (Fsp3) is 0.174. The third-order valence-electron chi connectivity index (χ3n) is 5.30. The zero-order chi connectivity index (χ0) is 19.0. The molecule has 0 radical (unpaired) electrons. The zero-order valence-corrected chi connectivity index (χ0v) is 15.8. The van der Waals surface area contributed by atoms with Crippen molar-refractivity contribution >= 4 is 15.6 Å². The van der Waals surface area contributed by atoms with E-state index >= 15 is 0 Å². The van der Waals surface area contributed by atoms with Gasteiger partial charge in [0.25, 0.3) is 0 Å². The molecule has 4 rings (SSSR count). The van der Waals surface area contributed by atoms with Crippen molar-refractivity contribution in [2.24, 2.45) is 5.92 Å². The van der Waals surface area contributed by atoms with Crippen LogP contribution in [0.15, 0.2) is 84.9 Å². The van der Waals surface area contributed by atoms with Gasteiger partial charge in [-0.2, -0.15) is 0 Å². The molecule has 0 fully saturated rings. The summed E-state index contributed by atoms with van der Waals surface area (Å²) in [6.07, 6.45) is 1.23. The first kappa shape index (κ1) is 17.7. The first-order valence-electron chi connectivity index (χ1n) is 8.90. The second-order valence-corrected chi connectivity index (χ2v) is 9.19. The number of benzene rings is 3. The number of Topliss-reactive ketones (excluding diaryl/α,β-unsaturated/α-hetero) is 1. The van der Waals surface area contributed by atoms with E-state index in [2.05, 4.69) is 0 Å². The van der Waals surface area contributed by atoms with Crippen LogP contribution in [0, 0.1) is 5.92 Å². The van der Waals surface area contributed by atoms with Crippen LogP contribution in [-0.4, -0.2) is 20.5 Å². The van der Waals surface area contributed by atoms with Crippen LogP contribution < -0.4 is 0 Å². The first-order chi connectivity index (χ1) is 13.0. The Morgan fingerprint density at radius 2 is 1.26 bits per heavy atom. The SMILES string of the molecule is CS(=O)(=O)[C@H]1c2ccccc2[C@@H](c2ccccc2)[C@@H]1C(=O)c1ccccc1. The van der Waals surface area contributed by atoms with E-state index in [1.807, 2.05) is 72.8 Å². The minimum Gasteiger partial charge on any atom is -0.294 e. The van der Waals surface area contributed by atoms with Gasteiger partial charge < -0.3 is 0 Å². The number of carbonyl (C=O) groups excluding carboxylic acids is 1. The molecular weight excluding hydrogens is 356 g/mol. The molecule has 0 N–H and O–H groups in total. The standard InChI is InChI=1S/C23H20O3S/c1-27(25,26)23-19-15-9-8-14-18(19)20(16-10-4-2-5-11-16)21(23)22(24)17-12-6-3-7-13-17/h2-15,20-21,23H,1H3/t20-,21-,23+/m1/s1. The molecular formula is C23H20O3S. The predicted octanol–water partition coefficient (Wildman–Crippen LogP) is 4.42. The fourth-order valence-corrected chi connectivity index (χ4v) is 5.73. The Bertz CT molecular complexity index is 1070. The smallest absolute Gasteiger partial charge is 0.168 e. The van der Waals surface area contributed by atoms with Crippen molar-refractivity contribution in [1.82, 2.24) is 0 Å². The molecule has 27 heavy (non-hydrogen) atoms. The summed E-state index contributed by atoms with van der Waals surface area (Å²) in [5.41, 5.74) is 3.17. The predicted molar refractivity (Wildman–Crippen MR) is 107 cm³/mol. The highest BCUT2D eigenvalue weighted by Crippen LogP contribution is 2.52. The molecule has 1 aliphatic carbocycles. The van der Waals surface area contributed by atoms with Crippen molar-refractivity contribution in [1.29, 1.82) is 0 Å². The number of hydrogen-bond acceptors (Lipinski definition) is 3. The molecule has 0 amide bonds. The molecule has 0 aliphatic heterocycles. The van der Waals surface area contributed by atoms with Crippen LogP contribution >= 0.6 is 0 Å². The maximum absolute atomic E-state index is 13.5. The number of carbonyl (C=O) groups is 1. The zero-order valence-electron chi connectivity index (χ0n) is 14.9. The van der Waals surface area contributed by atoms with E-state index in [0.717, 1.165) is 16.7 Å². The van der Waals surface area contributed by atoms with Crippen molar-refractivity contribution in [2.75, 3.05) is 6.26 Å².